The van der Waals surface area contributed by atoms with Gasteiger partial charge in [-0.3, -0.25) is 0 Å². The first-order valence-corrected chi connectivity index (χ1v) is 6.03. The van der Waals surface area contributed by atoms with Crippen molar-refractivity contribution in [3.05, 3.63) is 57.7 Å². The number of halogens is 1. The predicted octanol–water partition coefficient (Wildman–Crippen LogP) is 3.02. The molecule has 0 aliphatic carbocycles. The van der Waals surface area contributed by atoms with Crippen LogP contribution in [0, 0.1) is 13.8 Å². The van der Waals surface area contributed by atoms with Crippen LogP contribution in [0.2, 0.25) is 5.02 Å². The Kier molecular flexibility index (Phi) is 3.55. The molecular formula is C14H15ClN2O. The number of nitrogens with zero attached hydrogens (tertiary/aromatic N) is 1. The Bertz CT molecular complexity index is 533. The maximum Gasteiger partial charge on any atom is 0.129 e. The molecule has 3 nitrogen and oxygen atoms in total. The molecule has 0 saturated carbocycles. The first-order chi connectivity index (χ1) is 8.49. The van der Waals surface area contributed by atoms with Crippen molar-refractivity contribution < 1.29 is 5.11 Å². The van der Waals surface area contributed by atoms with Crippen LogP contribution in [0.5, 0.6) is 0 Å². The van der Waals surface area contributed by atoms with Gasteiger partial charge in [-0.1, -0.05) is 35.4 Å². The summed E-state index contributed by atoms with van der Waals surface area (Å²) in [6, 6.07) is 7.57. The zero-order valence-corrected chi connectivity index (χ0v) is 11.1. The van der Waals surface area contributed by atoms with Crippen molar-refractivity contribution in [3.63, 3.8) is 0 Å². The standard InChI is InChI=1S/C14H15ClN2O/c1-8-3-4-9(2)11(5-8)13(18)12-6-10(15)7-17-14(12)16/h3-7,13,18H,1-2H3,(H2,16,17). The molecule has 0 bridgehead atoms. The molecular weight excluding hydrogens is 248 g/mol. The molecule has 0 radical (unpaired) electrons. The van der Waals surface area contributed by atoms with E-state index in [0.29, 0.717) is 16.4 Å². The van der Waals surface area contributed by atoms with Gasteiger partial charge in [-0.05, 0) is 31.0 Å². The molecule has 0 amide bonds. The van der Waals surface area contributed by atoms with Crippen LogP contribution in [-0.2, 0) is 0 Å². The fourth-order valence-electron chi connectivity index (χ4n) is 1.91. The Morgan fingerprint density at radius 1 is 1.22 bits per heavy atom. The summed E-state index contributed by atoms with van der Waals surface area (Å²) in [4.78, 5) is 3.96. The topological polar surface area (TPSA) is 59.1 Å². The summed E-state index contributed by atoms with van der Waals surface area (Å²) in [7, 11) is 0. The Balaban J connectivity index is 2.50. The lowest BCUT2D eigenvalue weighted by Crippen LogP contribution is -2.07. The van der Waals surface area contributed by atoms with Crippen LogP contribution in [0.15, 0.2) is 30.5 Å². The predicted molar refractivity (Wildman–Crippen MR) is 73.6 cm³/mol. The zero-order chi connectivity index (χ0) is 13.3. The highest BCUT2D eigenvalue weighted by Gasteiger charge is 2.17. The van der Waals surface area contributed by atoms with Gasteiger partial charge in [0.15, 0.2) is 0 Å². The van der Waals surface area contributed by atoms with Gasteiger partial charge in [0.05, 0.1) is 5.02 Å². The quantitative estimate of drug-likeness (QED) is 0.875. The fraction of sp³-hybridized carbons (Fsp3) is 0.214. The Labute approximate surface area is 111 Å². The molecule has 0 aliphatic rings. The third-order valence-corrected chi connectivity index (χ3v) is 3.15. The lowest BCUT2D eigenvalue weighted by molar-refractivity contribution is 0.220. The monoisotopic (exact) mass is 262 g/mol. The third-order valence-electron chi connectivity index (χ3n) is 2.94. The first-order valence-electron chi connectivity index (χ1n) is 5.65. The molecule has 1 aromatic heterocycles. The van der Waals surface area contributed by atoms with Crippen molar-refractivity contribution in [3.8, 4) is 0 Å². The molecule has 1 aromatic carbocycles. The van der Waals surface area contributed by atoms with Gasteiger partial charge in [-0.15, -0.1) is 0 Å². The number of anilines is 1. The number of nitrogens with two attached hydrogens (primary N) is 1. The van der Waals surface area contributed by atoms with Crippen LogP contribution in [0.25, 0.3) is 0 Å². The van der Waals surface area contributed by atoms with Gasteiger partial charge in [0.25, 0.3) is 0 Å². The van der Waals surface area contributed by atoms with Crippen LogP contribution in [0.3, 0.4) is 0 Å². The third kappa shape index (κ3) is 2.47. The molecule has 4 heteroatoms. The average Bonchev–Trinajstić information content (AvgIpc) is 2.34. The van der Waals surface area contributed by atoms with E-state index in [9.17, 15) is 5.11 Å². The highest BCUT2D eigenvalue weighted by atomic mass is 35.5. The number of nitrogen functional groups attached to an aromatic ring is 1. The van der Waals surface area contributed by atoms with Crippen molar-refractivity contribution in [2.45, 2.75) is 20.0 Å². The summed E-state index contributed by atoms with van der Waals surface area (Å²) in [5.41, 5.74) is 9.24. The first kappa shape index (κ1) is 12.9. The van der Waals surface area contributed by atoms with E-state index in [2.05, 4.69) is 4.98 Å². The van der Waals surface area contributed by atoms with E-state index in [0.717, 1.165) is 16.7 Å². The smallest absolute Gasteiger partial charge is 0.129 e. The molecule has 0 saturated heterocycles. The van der Waals surface area contributed by atoms with Crippen molar-refractivity contribution >= 4 is 17.4 Å². The van der Waals surface area contributed by atoms with Crippen LogP contribution in [0.4, 0.5) is 5.82 Å². The normalized spacial score (nSPS) is 12.4. The number of aromatic nitrogens is 1. The van der Waals surface area contributed by atoms with E-state index < -0.39 is 6.10 Å². The second-order valence-corrected chi connectivity index (χ2v) is 4.83. The molecule has 1 unspecified atom stereocenters. The van der Waals surface area contributed by atoms with E-state index in [-0.39, 0.29) is 0 Å². The highest BCUT2D eigenvalue weighted by Crippen LogP contribution is 2.29. The number of aryl methyl sites for hydroxylation is 2. The van der Waals surface area contributed by atoms with Crippen LogP contribution in [-0.4, -0.2) is 10.1 Å². The van der Waals surface area contributed by atoms with Crippen LogP contribution >= 0.6 is 11.6 Å². The fourth-order valence-corrected chi connectivity index (χ4v) is 2.07. The highest BCUT2D eigenvalue weighted by molar-refractivity contribution is 6.30. The number of hydrogen-bond donors (Lipinski definition) is 2. The molecule has 0 aliphatic heterocycles. The molecule has 0 spiro atoms. The minimum absolute atomic E-state index is 0.299. The number of aliphatic hydroxyl groups excluding tert-OH is 1. The molecule has 94 valence electrons. The van der Waals surface area contributed by atoms with Crippen molar-refractivity contribution in [2.75, 3.05) is 5.73 Å². The van der Waals surface area contributed by atoms with Crippen LogP contribution < -0.4 is 5.73 Å². The Morgan fingerprint density at radius 2 is 1.94 bits per heavy atom. The summed E-state index contributed by atoms with van der Waals surface area (Å²) >= 11 is 5.89. The van der Waals surface area contributed by atoms with Gasteiger partial charge < -0.3 is 10.8 Å². The maximum absolute atomic E-state index is 10.4. The minimum Gasteiger partial charge on any atom is -0.384 e. The molecule has 1 atom stereocenters. The summed E-state index contributed by atoms with van der Waals surface area (Å²) < 4.78 is 0. The van der Waals surface area contributed by atoms with E-state index in [1.165, 1.54) is 6.20 Å². The average molecular weight is 263 g/mol. The second kappa shape index (κ2) is 4.96. The van der Waals surface area contributed by atoms with Gasteiger partial charge in [0.1, 0.15) is 11.9 Å². The summed E-state index contributed by atoms with van der Waals surface area (Å²) in [5, 5.41) is 10.9. The molecule has 0 fully saturated rings. The van der Waals surface area contributed by atoms with Gasteiger partial charge in [0.2, 0.25) is 0 Å². The lowest BCUT2D eigenvalue weighted by Gasteiger charge is -2.16. The number of pyridine rings is 1. The van der Waals surface area contributed by atoms with Gasteiger partial charge in [-0.2, -0.15) is 0 Å². The second-order valence-electron chi connectivity index (χ2n) is 4.39. The largest absolute Gasteiger partial charge is 0.384 e. The van der Waals surface area contributed by atoms with Crippen LogP contribution in [0.1, 0.15) is 28.4 Å². The summed E-state index contributed by atoms with van der Waals surface area (Å²) in [5.74, 6) is 0.299. The van der Waals surface area contributed by atoms with Gasteiger partial charge >= 0.3 is 0 Å². The number of hydrogen-bond acceptors (Lipinski definition) is 3. The van der Waals surface area contributed by atoms with Gasteiger partial charge in [-0.25, -0.2) is 4.98 Å². The minimum atomic E-state index is -0.809. The van der Waals surface area contributed by atoms with E-state index in [4.69, 9.17) is 17.3 Å². The molecule has 2 rings (SSSR count). The number of benzene rings is 1. The van der Waals surface area contributed by atoms with E-state index in [1.54, 1.807) is 6.07 Å². The van der Waals surface area contributed by atoms with E-state index >= 15 is 0 Å². The van der Waals surface area contributed by atoms with Crippen molar-refractivity contribution in [1.29, 1.82) is 0 Å². The van der Waals surface area contributed by atoms with E-state index in [1.807, 2.05) is 32.0 Å². The maximum atomic E-state index is 10.4. The van der Waals surface area contributed by atoms with Crippen molar-refractivity contribution in [2.24, 2.45) is 0 Å². The number of rotatable bonds is 2. The lowest BCUT2D eigenvalue weighted by atomic mass is 9.96. The van der Waals surface area contributed by atoms with Crippen molar-refractivity contribution in [1.82, 2.24) is 4.98 Å². The Morgan fingerprint density at radius 3 is 2.67 bits per heavy atom. The van der Waals surface area contributed by atoms with Gasteiger partial charge in [0, 0.05) is 11.8 Å². The molecule has 18 heavy (non-hydrogen) atoms. The molecule has 2 aromatic rings. The SMILES string of the molecule is Cc1ccc(C)c(C(O)c2cc(Cl)cnc2N)c1. The molecule has 1 heterocycles. The summed E-state index contributed by atoms with van der Waals surface area (Å²) in [6.07, 6.45) is 0.659. The molecule has 3 N–H and O–H groups in total. The zero-order valence-electron chi connectivity index (χ0n) is 10.3. The Hall–Kier alpha value is -1.58. The number of aliphatic hydroxyl groups is 1. The summed E-state index contributed by atoms with van der Waals surface area (Å²) in [6.45, 7) is 3.93.